The monoisotopic (exact) mass is 715 g/mol. The van der Waals surface area contributed by atoms with Crippen LogP contribution in [0.15, 0.2) is 33.2 Å². The van der Waals surface area contributed by atoms with E-state index in [0.29, 0.717) is 11.5 Å². The van der Waals surface area contributed by atoms with Crippen molar-refractivity contribution in [3.8, 4) is 34.0 Å². The van der Waals surface area contributed by atoms with Gasteiger partial charge in [-0.15, -0.1) is 0 Å². The zero-order valence-electron chi connectivity index (χ0n) is 28.2. The van der Waals surface area contributed by atoms with Crippen molar-refractivity contribution in [3.05, 3.63) is 55.5 Å². The Bertz CT molecular complexity index is 1380. The van der Waals surface area contributed by atoms with Crippen LogP contribution in [-0.4, -0.2) is 16.9 Å². The number of hydrogen-bond acceptors (Lipinski definition) is 4. The number of nitrogens with one attached hydrogen (secondary N) is 1. The number of rotatable bonds is 4. The summed E-state index contributed by atoms with van der Waals surface area (Å²) in [6, 6.07) is 8.47. The first-order valence-corrected chi connectivity index (χ1v) is 16.2. The molecule has 0 aliphatic rings. The fourth-order valence-corrected chi connectivity index (χ4v) is 6.19. The van der Waals surface area contributed by atoms with Gasteiger partial charge in [-0.2, -0.15) is 0 Å². The first kappa shape index (κ1) is 35.1. The molecule has 0 aliphatic heterocycles. The van der Waals surface area contributed by atoms with Gasteiger partial charge in [0.05, 0.1) is 20.3 Å². The highest BCUT2D eigenvalue weighted by atomic mass is 79.9. The molecule has 0 atom stereocenters. The number of aromatic amines is 1. The van der Waals surface area contributed by atoms with Crippen LogP contribution in [0.2, 0.25) is 0 Å². The molecule has 0 spiro atoms. The molecule has 234 valence electrons. The molecule has 1 N–H and O–H groups in total. The topological polar surface area (TPSA) is 68.4 Å². The van der Waals surface area contributed by atoms with Crippen molar-refractivity contribution >= 4 is 43.8 Å². The van der Waals surface area contributed by atoms with Gasteiger partial charge in [0.2, 0.25) is 0 Å². The molecule has 0 aliphatic carbocycles. The zero-order valence-corrected chi connectivity index (χ0v) is 31.4. The minimum Gasteiger partial charge on any atom is -0.426 e. The summed E-state index contributed by atoms with van der Waals surface area (Å²) in [6.45, 7) is 28.4. The highest BCUT2D eigenvalue weighted by molar-refractivity contribution is 9.13. The predicted octanol–water partition coefficient (Wildman–Crippen LogP) is 10.9. The van der Waals surface area contributed by atoms with Crippen molar-refractivity contribution in [1.29, 1.82) is 0 Å². The molecule has 43 heavy (non-hydrogen) atoms. The summed E-state index contributed by atoms with van der Waals surface area (Å²) in [4.78, 5) is 28.1. The van der Waals surface area contributed by atoms with E-state index in [-0.39, 0.29) is 33.6 Å². The van der Waals surface area contributed by atoms with E-state index in [0.717, 1.165) is 53.7 Å². The van der Waals surface area contributed by atoms with Crippen LogP contribution in [0.3, 0.4) is 0 Å². The first-order chi connectivity index (χ1) is 19.3. The standard InChI is InChI=1S/C36H47Br2NO4/c1-19(40)42-31-23(33(3,4)5)15-21(16-24(31)34(6,7)8)29-27(37)28(38)30(39-29)22-17-25(35(9,10)11)32(43-20(2)41)26(18-22)36(12,13)14/h15-18,39H,1-14H3. The summed E-state index contributed by atoms with van der Waals surface area (Å²) >= 11 is 7.75. The Kier molecular flexibility index (Phi) is 9.67. The Hall–Kier alpha value is -2.38. The van der Waals surface area contributed by atoms with Gasteiger partial charge >= 0.3 is 11.9 Å². The lowest BCUT2D eigenvalue weighted by Gasteiger charge is -2.30. The number of benzene rings is 2. The van der Waals surface area contributed by atoms with Gasteiger partial charge in [-0.3, -0.25) is 9.59 Å². The number of carbonyl (C=O) groups excluding carboxylic acids is 2. The van der Waals surface area contributed by atoms with Gasteiger partial charge in [0.25, 0.3) is 0 Å². The SMILES string of the molecule is CC(=O)Oc1c(C(C)(C)C)cc(-c2[nH]c(-c3cc(C(C)(C)C)c(OC(C)=O)c(C(C)(C)C)c3)c(Br)c2Br)cc1C(C)(C)C. The normalized spacial score (nSPS) is 12.8. The molecule has 2 aromatic carbocycles. The summed E-state index contributed by atoms with van der Waals surface area (Å²) in [5.41, 5.74) is 6.48. The second kappa shape index (κ2) is 11.8. The second-order valence-corrected chi connectivity index (χ2v) is 17.1. The number of carbonyl (C=O) groups is 2. The molecule has 0 radical (unpaired) electrons. The van der Waals surface area contributed by atoms with Crippen LogP contribution in [0.4, 0.5) is 0 Å². The van der Waals surface area contributed by atoms with E-state index in [9.17, 15) is 9.59 Å². The Morgan fingerprint density at radius 3 is 0.953 bits per heavy atom. The van der Waals surface area contributed by atoms with Gasteiger partial charge in [0.15, 0.2) is 0 Å². The summed E-state index contributed by atoms with van der Waals surface area (Å²) in [5.74, 6) is 0.584. The van der Waals surface area contributed by atoms with Crippen LogP contribution in [0.25, 0.3) is 22.5 Å². The van der Waals surface area contributed by atoms with Crippen molar-refractivity contribution in [2.24, 2.45) is 0 Å². The van der Waals surface area contributed by atoms with Gasteiger partial charge in [0, 0.05) is 36.1 Å². The average Bonchev–Trinajstić information content (AvgIpc) is 3.10. The third-order valence-corrected chi connectivity index (χ3v) is 9.48. The molecule has 7 heteroatoms. The highest BCUT2D eigenvalue weighted by Crippen LogP contribution is 2.49. The first-order valence-electron chi connectivity index (χ1n) is 14.7. The Morgan fingerprint density at radius 2 is 0.767 bits per heavy atom. The molecule has 0 bridgehead atoms. The Labute approximate surface area is 274 Å². The van der Waals surface area contributed by atoms with Crippen LogP contribution < -0.4 is 9.47 Å². The highest BCUT2D eigenvalue weighted by Gasteiger charge is 2.32. The number of halogens is 2. The maximum absolute atomic E-state index is 12.2. The van der Waals surface area contributed by atoms with Crippen molar-refractivity contribution < 1.29 is 19.1 Å². The van der Waals surface area contributed by atoms with Gasteiger partial charge in [-0.05, 0) is 88.9 Å². The van der Waals surface area contributed by atoms with E-state index in [1.54, 1.807) is 0 Å². The lowest BCUT2D eigenvalue weighted by Crippen LogP contribution is -2.21. The van der Waals surface area contributed by atoms with Crippen molar-refractivity contribution in [3.63, 3.8) is 0 Å². The van der Waals surface area contributed by atoms with Crippen LogP contribution >= 0.6 is 31.9 Å². The van der Waals surface area contributed by atoms with Crippen molar-refractivity contribution in [2.45, 2.75) is 119 Å². The number of hydrogen-bond donors (Lipinski definition) is 1. The number of ether oxygens (including phenoxy) is 2. The molecule has 0 saturated heterocycles. The molecular weight excluding hydrogens is 670 g/mol. The van der Waals surface area contributed by atoms with Crippen molar-refractivity contribution in [2.75, 3.05) is 0 Å². The average molecular weight is 718 g/mol. The van der Waals surface area contributed by atoms with E-state index in [1.807, 2.05) is 0 Å². The third-order valence-electron chi connectivity index (χ3n) is 7.36. The smallest absolute Gasteiger partial charge is 0.308 e. The molecule has 1 heterocycles. The van der Waals surface area contributed by atoms with Crippen LogP contribution in [0.1, 0.15) is 119 Å². The maximum atomic E-state index is 12.2. The summed E-state index contributed by atoms with van der Waals surface area (Å²) in [7, 11) is 0. The van der Waals surface area contributed by atoms with E-state index >= 15 is 0 Å². The molecule has 3 rings (SSSR count). The lowest BCUT2D eigenvalue weighted by molar-refractivity contribution is -0.133. The lowest BCUT2D eigenvalue weighted by atomic mass is 9.78. The zero-order chi connectivity index (χ0) is 33.0. The molecule has 0 amide bonds. The van der Waals surface area contributed by atoms with Crippen LogP contribution in [0, 0.1) is 0 Å². The number of aromatic nitrogens is 1. The molecule has 1 aromatic heterocycles. The van der Waals surface area contributed by atoms with Crippen molar-refractivity contribution in [1.82, 2.24) is 4.98 Å². The Balaban J connectivity index is 2.42. The quantitative estimate of drug-likeness (QED) is 0.216. The fraction of sp³-hybridized carbons (Fsp3) is 0.500. The predicted molar refractivity (Wildman–Crippen MR) is 184 cm³/mol. The van der Waals surface area contributed by atoms with E-state index in [4.69, 9.17) is 9.47 Å². The number of esters is 2. The van der Waals surface area contributed by atoms with Gasteiger partial charge in [-0.1, -0.05) is 83.1 Å². The molecular formula is C36H47Br2NO4. The molecule has 0 saturated carbocycles. The molecule has 0 fully saturated rings. The van der Waals surface area contributed by atoms with Crippen LogP contribution in [-0.2, 0) is 31.2 Å². The van der Waals surface area contributed by atoms with Crippen LogP contribution in [0.5, 0.6) is 11.5 Å². The Morgan fingerprint density at radius 1 is 0.535 bits per heavy atom. The fourth-order valence-electron chi connectivity index (χ4n) is 5.13. The van der Waals surface area contributed by atoms with E-state index in [2.05, 4.69) is 144 Å². The van der Waals surface area contributed by atoms with Gasteiger partial charge in [0.1, 0.15) is 11.5 Å². The maximum Gasteiger partial charge on any atom is 0.308 e. The second-order valence-electron chi connectivity index (χ2n) is 15.5. The molecule has 3 aromatic rings. The van der Waals surface area contributed by atoms with Gasteiger partial charge < -0.3 is 14.5 Å². The van der Waals surface area contributed by atoms with E-state index < -0.39 is 0 Å². The minimum absolute atomic E-state index is 0.282. The number of H-pyrrole nitrogens is 1. The summed E-state index contributed by atoms with van der Waals surface area (Å²) < 4.78 is 13.5. The molecule has 0 unspecified atom stereocenters. The third kappa shape index (κ3) is 7.65. The summed E-state index contributed by atoms with van der Waals surface area (Å²) in [6.07, 6.45) is 0. The summed E-state index contributed by atoms with van der Waals surface area (Å²) in [5, 5.41) is 0. The largest absolute Gasteiger partial charge is 0.426 e. The molecule has 5 nitrogen and oxygen atoms in total. The van der Waals surface area contributed by atoms with E-state index in [1.165, 1.54) is 13.8 Å². The van der Waals surface area contributed by atoms with Gasteiger partial charge in [-0.25, -0.2) is 0 Å². The minimum atomic E-state index is -0.337.